The molecule has 0 saturated carbocycles. The molecule has 0 bridgehead atoms. The summed E-state index contributed by atoms with van der Waals surface area (Å²) in [5.74, 6) is -0.267. The summed E-state index contributed by atoms with van der Waals surface area (Å²) < 4.78 is 35.5. The van der Waals surface area contributed by atoms with Crippen LogP contribution in [0.25, 0.3) is 21.9 Å². The Labute approximate surface area is 159 Å². The normalized spacial score (nSPS) is 11.9. The van der Waals surface area contributed by atoms with Gasteiger partial charge in [-0.25, -0.2) is 13.1 Å². The van der Waals surface area contributed by atoms with E-state index in [1.807, 2.05) is 12.1 Å². The van der Waals surface area contributed by atoms with Gasteiger partial charge in [0.05, 0.1) is 11.7 Å². The molecule has 3 N–H and O–H groups in total. The molecule has 0 atom stereocenters. The summed E-state index contributed by atoms with van der Waals surface area (Å²) in [6.45, 7) is 0.221. The standard InChI is InChI=1S/C17H15N5O3S2/c23-17(12-5-4-11-6-7-18-14(11)10-12)19-8-9-20-27(24,25)15-3-1-2-13-16(15)22-26-21-13/h1-7,10,18,20H,8-9H2,(H,19,23). The average molecular weight is 401 g/mol. The minimum Gasteiger partial charge on any atom is -0.361 e. The SMILES string of the molecule is O=C(NCCNS(=O)(=O)c1cccc2nsnc12)c1ccc2cc[nH]c2c1. The van der Waals surface area contributed by atoms with Crippen LogP contribution in [0.5, 0.6) is 0 Å². The molecule has 4 rings (SSSR count). The summed E-state index contributed by atoms with van der Waals surface area (Å²) in [5.41, 5.74) is 2.26. The molecular formula is C17H15N5O3S2. The van der Waals surface area contributed by atoms with Crippen molar-refractivity contribution in [2.75, 3.05) is 13.1 Å². The number of carbonyl (C=O) groups excluding carboxylic acids is 1. The number of aromatic nitrogens is 3. The summed E-state index contributed by atoms with van der Waals surface area (Å²) >= 11 is 0.963. The predicted molar refractivity (Wildman–Crippen MR) is 103 cm³/mol. The number of amides is 1. The number of benzene rings is 2. The Hall–Kier alpha value is -2.82. The minimum atomic E-state index is -3.74. The zero-order valence-corrected chi connectivity index (χ0v) is 15.6. The summed E-state index contributed by atoms with van der Waals surface area (Å²) in [4.78, 5) is 15.4. The number of hydrogen-bond acceptors (Lipinski definition) is 6. The lowest BCUT2D eigenvalue weighted by molar-refractivity contribution is 0.0954. The lowest BCUT2D eigenvalue weighted by Gasteiger charge is -2.08. The number of nitrogens with one attached hydrogen (secondary N) is 3. The second kappa shape index (κ2) is 7.06. The molecule has 0 unspecified atom stereocenters. The van der Waals surface area contributed by atoms with Crippen molar-refractivity contribution in [1.82, 2.24) is 23.8 Å². The third-order valence-electron chi connectivity index (χ3n) is 4.06. The van der Waals surface area contributed by atoms with Gasteiger partial charge in [-0.05, 0) is 35.7 Å². The highest BCUT2D eigenvalue weighted by molar-refractivity contribution is 7.89. The molecule has 0 radical (unpaired) electrons. The Balaban J connectivity index is 1.37. The number of hydrogen-bond donors (Lipinski definition) is 3. The lowest BCUT2D eigenvalue weighted by Crippen LogP contribution is -2.34. The molecule has 1 amide bonds. The smallest absolute Gasteiger partial charge is 0.251 e. The number of aromatic amines is 1. The Morgan fingerprint density at radius 2 is 2.00 bits per heavy atom. The molecule has 2 aromatic carbocycles. The van der Waals surface area contributed by atoms with Gasteiger partial charge < -0.3 is 10.3 Å². The number of nitrogens with zero attached hydrogens (tertiary/aromatic N) is 2. The molecule has 0 saturated heterocycles. The largest absolute Gasteiger partial charge is 0.361 e. The molecule has 2 heterocycles. The fourth-order valence-corrected chi connectivity index (χ4v) is 4.52. The van der Waals surface area contributed by atoms with E-state index in [1.54, 1.807) is 30.5 Å². The van der Waals surface area contributed by atoms with Crippen molar-refractivity contribution in [3.63, 3.8) is 0 Å². The summed E-state index contributed by atoms with van der Waals surface area (Å²) in [6.07, 6.45) is 1.81. The second-order valence-electron chi connectivity index (χ2n) is 5.82. The van der Waals surface area contributed by atoms with Gasteiger partial charge in [0.1, 0.15) is 15.9 Å². The highest BCUT2D eigenvalue weighted by Crippen LogP contribution is 2.20. The summed E-state index contributed by atoms with van der Waals surface area (Å²) in [7, 11) is -3.74. The summed E-state index contributed by atoms with van der Waals surface area (Å²) in [5, 5.41) is 3.72. The van der Waals surface area contributed by atoms with Crippen LogP contribution in [-0.4, -0.2) is 41.1 Å². The first-order valence-electron chi connectivity index (χ1n) is 8.11. The molecule has 4 aromatic rings. The van der Waals surface area contributed by atoms with Gasteiger partial charge in [0.15, 0.2) is 0 Å². The van der Waals surface area contributed by atoms with Crippen LogP contribution in [0.3, 0.4) is 0 Å². The number of sulfonamides is 1. The number of carbonyl (C=O) groups is 1. The highest BCUT2D eigenvalue weighted by Gasteiger charge is 2.19. The Bertz CT molecular complexity index is 1230. The topological polar surface area (TPSA) is 117 Å². The molecule has 138 valence electrons. The quantitative estimate of drug-likeness (QED) is 0.427. The lowest BCUT2D eigenvalue weighted by atomic mass is 10.1. The van der Waals surface area contributed by atoms with E-state index in [-0.39, 0.29) is 23.9 Å². The van der Waals surface area contributed by atoms with Crippen molar-refractivity contribution < 1.29 is 13.2 Å². The van der Waals surface area contributed by atoms with Gasteiger partial charge >= 0.3 is 0 Å². The number of fused-ring (bicyclic) bond motifs is 2. The first-order chi connectivity index (χ1) is 13.0. The fraction of sp³-hybridized carbons (Fsp3) is 0.118. The third kappa shape index (κ3) is 3.54. The molecule has 27 heavy (non-hydrogen) atoms. The summed E-state index contributed by atoms with van der Waals surface area (Å²) in [6, 6.07) is 12.1. The van der Waals surface area contributed by atoms with Gasteiger partial charge in [-0.3, -0.25) is 4.79 Å². The monoisotopic (exact) mass is 401 g/mol. The van der Waals surface area contributed by atoms with Gasteiger partial charge in [-0.2, -0.15) is 8.75 Å². The molecule has 0 aliphatic carbocycles. The molecule has 0 spiro atoms. The van der Waals surface area contributed by atoms with Crippen molar-refractivity contribution in [3.8, 4) is 0 Å². The van der Waals surface area contributed by atoms with E-state index < -0.39 is 10.0 Å². The maximum absolute atomic E-state index is 12.5. The van der Waals surface area contributed by atoms with Crippen LogP contribution in [0.1, 0.15) is 10.4 Å². The Morgan fingerprint density at radius 3 is 2.89 bits per heavy atom. The van der Waals surface area contributed by atoms with Gasteiger partial charge in [-0.15, -0.1) is 0 Å². The van der Waals surface area contributed by atoms with Crippen molar-refractivity contribution in [2.45, 2.75) is 4.90 Å². The van der Waals surface area contributed by atoms with E-state index in [1.165, 1.54) is 6.07 Å². The molecular weight excluding hydrogens is 386 g/mol. The van der Waals surface area contributed by atoms with Crippen LogP contribution in [0.15, 0.2) is 53.6 Å². The number of H-pyrrole nitrogens is 1. The van der Waals surface area contributed by atoms with Gasteiger partial charge in [-0.1, -0.05) is 12.1 Å². The van der Waals surface area contributed by atoms with E-state index in [0.29, 0.717) is 16.6 Å². The second-order valence-corrected chi connectivity index (χ2v) is 8.09. The molecule has 0 fully saturated rings. The van der Waals surface area contributed by atoms with E-state index in [9.17, 15) is 13.2 Å². The maximum atomic E-state index is 12.5. The molecule has 8 nitrogen and oxygen atoms in total. The van der Waals surface area contributed by atoms with E-state index in [0.717, 1.165) is 22.6 Å². The van der Waals surface area contributed by atoms with Crippen LogP contribution < -0.4 is 10.0 Å². The molecule has 0 aliphatic heterocycles. The number of rotatable bonds is 6. The minimum absolute atomic E-state index is 0.0623. The predicted octanol–water partition coefficient (Wildman–Crippen LogP) is 1.88. The first-order valence-corrected chi connectivity index (χ1v) is 10.3. The van der Waals surface area contributed by atoms with E-state index in [4.69, 9.17) is 0 Å². The van der Waals surface area contributed by atoms with Crippen LogP contribution in [0.4, 0.5) is 0 Å². The van der Waals surface area contributed by atoms with Gasteiger partial charge in [0, 0.05) is 30.4 Å². The van der Waals surface area contributed by atoms with Crippen LogP contribution in [0.2, 0.25) is 0 Å². The molecule has 2 aromatic heterocycles. The van der Waals surface area contributed by atoms with Crippen molar-refractivity contribution >= 4 is 49.6 Å². The molecule has 0 aliphatic rings. The highest BCUT2D eigenvalue weighted by atomic mass is 32.2. The van der Waals surface area contributed by atoms with Crippen molar-refractivity contribution in [1.29, 1.82) is 0 Å². The molecule has 10 heteroatoms. The van der Waals surface area contributed by atoms with Gasteiger partial charge in [0.2, 0.25) is 10.0 Å². The van der Waals surface area contributed by atoms with E-state index in [2.05, 4.69) is 23.8 Å². The van der Waals surface area contributed by atoms with Crippen molar-refractivity contribution in [3.05, 3.63) is 54.2 Å². The van der Waals surface area contributed by atoms with Crippen LogP contribution >= 0.6 is 11.7 Å². The third-order valence-corrected chi connectivity index (χ3v) is 6.09. The van der Waals surface area contributed by atoms with Crippen LogP contribution in [0, 0.1) is 0 Å². The average Bonchev–Trinajstić information content (AvgIpc) is 3.32. The first kappa shape index (κ1) is 17.6. The van der Waals surface area contributed by atoms with Crippen LogP contribution in [-0.2, 0) is 10.0 Å². The fourth-order valence-electron chi connectivity index (χ4n) is 2.73. The Kier molecular flexibility index (Phi) is 4.60. The Morgan fingerprint density at radius 1 is 1.11 bits per heavy atom. The van der Waals surface area contributed by atoms with E-state index >= 15 is 0 Å². The zero-order valence-electron chi connectivity index (χ0n) is 14.0. The van der Waals surface area contributed by atoms with Crippen molar-refractivity contribution in [2.24, 2.45) is 0 Å². The van der Waals surface area contributed by atoms with Gasteiger partial charge in [0.25, 0.3) is 5.91 Å². The zero-order chi connectivity index (χ0) is 18.9. The maximum Gasteiger partial charge on any atom is 0.251 e.